The van der Waals surface area contributed by atoms with E-state index >= 15 is 0 Å². The molecule has 0 saturated carbocycles. The van der Waals surface area contributed by atoms with E-state index in [1.165, 1.54) is 17.7 Å². The van der Waals surface area contributed by atoms with Crippen LogP contribution in [0.5, 0.6) is 0 Å². The first-order valence-electron chi connectivity index (χ1n) is 6.27. The van der Waals surface area contributed by atoms with E-state index in [2.05, 4.69) is 36.1 Å². The molecule has 2 heteroatoms. The van der Waals surface area contributed by atoms with Gasteiger partial charge in [-0.25, -0.2) is 0 Å². The normalized spacial score (nSPS) is 19.6. The highest BCUT2D eigenvalue weighted by Gasteiger charge is 2.20. The minimum absolute atomic E-state index is 0.311. The number of benzene rings is 1. The summed E-state index contributed by atoms with van der Waals surface area (Å²) in [4.78, 5) is 2.46. The van der Waals surface area contributed by atoms with Crippen LogP contribution < -0.4 is 4.90 Å². The lowest BCUT2D eigenvalue weighted by Crippen LogP contribution is -2.31. The van der Waals surface area contributed by atoms with E-state index in [1.54, 1.807) is 0 Å². The number of nitrogens with zero attached hydrogens (tertiary/aromatic N) is 1. The standard InChI is InChI=1S/C14H21NO/c1-12-8-10-15(9-4-5-11-16)14-7-3-2-6-13(12)14/h2-3,6-7,12,16H,4-5,8-11H2,1H3. The van der Waals surface area contributed by atoms with Crippen molar-refractivity contribution in [3.8, 4) is 0 Å². The maximum atomic E-state index is 8.81. The van der Waals surface area contributed by atoms with Crippen LogP contribution >= 0.6 is 0 Å². The third-order valence-electron chi connectivity index (χ3n) is 3.48. The van der Waals surface area contributed by atoms with Gasteiger partial charge in [0.15, 0.2) is 0 Å². The van der Waals surface area contributed by atoms with Crippen molar-refractivity contribution in [3.63, 3.8) is 0 Å². The van der Waals surface area contributed by atoms with Crippen molar-refractivity contribution < 1.29 is 5.11 Å². The number of fused-ring (bicyclic) bond motifs is 1. The summed E-state index contributed by atoms with van der Waals surface area (Å²) in [6.07, 6.45) is 3.24. The highest BCUT2D eigenvalue weighted by atomic mass is 16.2. The molecule has 2 rings (SSSR count). The topological polar surface area (TPSA) is 23.5 Å². The minimum Gasteiger partial charge on any atom is -0.396 e. The lowest BCUT2D eigenvalue weighted by Gasteiger charge is -2.34. The zero-order chi connectivity index (χ0) is 11.4. The van der Waals surface area contributed by atoms with Gasteiger partial charge in [0, 0.05) is 25.4 Å². The van der Waals surface area contributed by atoms with Crippen molar-refractivity contribution in [1.82, 2.24) is 0 Å². The molecule has 1 aliphatic heterocycles. The molecule has 0 spiro atoms. The number of unbranched alkanes of at least 4 members (excludes halogenated alkanes) is 1. The van der Waals surface area contributed by atoms with Crippen LogP contribution in [0.15, 0.2) is 24.3 Å². The Balaban J connectivity index is 2.09. The van der Waals surface area contributed by atoms with Crippen LogP contribution in [0.25, 0.3) is 0 Å². The number of para-hydroxylation sites is 1. The largest absolute Gasteiger partial charge is 0.396 e. The molecular weight excluding hydrogens is 198 g/mol. The Morgan fingerprint density at radius 2 is 2.12 bits per heavy atom. The summed E-state index contributed by atoms with van der Waals surface area (Å²) in [5.74, 6) is 0.685. The smallest absolute Gasteiger partial charge is 0.0431 e. The summed E-state index contributed by atoms with van der Waals surface area (Å²) in [6, 6.07) is 8.73. The van der Waals surface area contributed by atoms with Gasteiger partial charge in [-0.3, -0.25) is 0 Å². The van der Waals surface area contributed by atoms with Gasteiger partial charge in [0.05, 0.1) is 0 Å². The molecule has 1 N–H and O–H groups in total. The molecule has 1 aromatic carbocycles. The lowest BCUT2D eigenvalue weighted by molar-refractivity contribution is 0.285. The Morgan fingerprint density at radius 3 is 2.94 bits per heavy atom. The van der Waals surface area contributed by atoms with Gasteiger partial charge in [-0.1, -0.05) is 25.1 Å². The second kappa shape index (κ2) is 5.35. The summed E-state index contributed by atoms with van der Waals surface area (Å²) in [6.45, 7) is 4.85. The van der Waals surface area contributed by atoms with Crippen molar-refractivity contribution >= 4 is 5.69 Å². The van der Waals surface area contributed by atoms with Crippen molar-refractivity contribution in [2.75, 3.05) is 24.6 Å². The molecule has 0 fully saturated rings. The van der Waals surface area contributed by atoms with Gasteiger partial charge in [-0.2, -0.15) is 0 Å². The molecule has 0 saturated heterocycles. The third kappa shape index (κ3) is 2.38. The van der Waals surface area contributed by atoms with Gasteiger partial charge in [-0.05, 0) is 36.8 Å². The molecule has 16 heavy (non-hydrogen) atoms. The van der Waals surface area contributed by atoms with Gasteiger partial charge in [0.2, 0.25) is 0 Å². The molecule has 1 unspecified atom stereocenters. The van der Waals surface area contributed by atoms with E-state index in [1.807, 2.05) is 0 Å². The maximum Gasteiger partial charge on any atom is 0.0431 e. The van der Waals surface area contributed by atoms with Gasteiger partial charge >= 0.3 is 0 Å². The molecule has 1 aromatic rings. The Hall–Kier alpha value is -1.02. The second-order valence-corrected chi connectivity index (χ2v) is 4.67. The predicted molar refractivity (Wildman–Crippen MR) is 68.0 cm³/mol. The van der Waals surface area contributed by atoms with E-state index in [9.17, 15) is 0 Å². The van der Waals surface area contributed by atoms with Crippen LogP contribution in [0.2, 0.25) is 0 Å². The molecule has 0 aliphatic carbocycles. The predicted octanol–water partition coefficient (Wildman–Crippen LogP) is 2.77. The first-order chi connectivity index (χ1) is 7.83. The average Bonchev–Trinajstić information content (AvgIpc) is 2.33. The average molecular weight is 219 g/mol. The number of aliphatic hydroxyl groups is 1. The van der Waals surface area contributed by atoms with Crippen LogP contribution in [0.1, 0.15) is 37.7 Å². The third-order valence-corrected chi connectivity index (χ3v) is 3.48. The van der Waals surface area contributed by atoms with Crippen molar-refractivity contribution in [3.05, 3.63) is 29.8 Å². The van der Waals surface area contributed by atoms with E-state index in [0.717, 1.165) is 25.9 Å². The van der Waals surface area contributed by atoms with Gasteiger partial charge in [0.1, 0.15) is 0 Å². The lowest BCUT2D eigenvalue weighted by atomic mass is 9.91. The van der Waals surface area contributed by atoms with E-state index in [-0.39, 0.29) is 0 Å². The molecule has 1 aliphatic rings. The Kier molecular flexibility index (Phi) is 3.83. The molecule has 0 radical (unpaired) electrons. The number of anilines is 1. The Morgan fingerprint density at radius 1 is 1.31 bits per heavy atom. The molecule has 88 valence electrons. The fourth-order valence-electron chi connectivity index (χ4n) is 2.46. The zero-order valence-corrected chi connectivity index (χ0v) is 10.0. The first-order valence-corrected chi connectivity index (χ1v) is 6.27. The maximum absolute atomic E-state index is 8.81. The van der Waals surface area contributed by atoms with Crippen LogP contribution in [0.3, 0.4) is 0 Å². The second-order valence-electron chi connectivity index (χ2n) is 4.67. The quantitative estimate of drug-likeness (QED) is 0.787. The fourth-order valence-corrected chi connectivity index (χ4v) is 2.46. The fraction of sp³-hybridized carbons (Fsp3) is 0.571. The molecule has 2 nitrogen and oxygen atoms in total. The van der Waals surface area contributed by atoms with Crippen molar-refractivity contribution in [1.29, 1.82) is 0 Å². The van der Waals surface area contributed by atoms with E-state index < -0.39 is 0 Å². The number of aliphatic hydroxyl groups excluding tert-OH is 1. The van der Waals surface area contributed by atoms with Crippen LogP contribution in [-0.2, 0) is 0 Å². The number of hydrogen-bond donors (Lipinski definition) is 1. The highest BCUT2D eigenvalue weighted by Crippen LogP contribution is 2.34. The number of rotatable bonds is 4. The zero-order valence-electron chi connectivity index (χ0n) is 10.0. The molecule has 1 atom stereocenters. The summed E-state index contributed by atoms with van der Waals surface area (Å²) in [7, 11) is 0. The van der Waals surface area contributed by atoms with Gasteiger partial charge < -0.3 is 10.0 Å². The van der Waals surface area contributed by atoms with E-state index in [0.29, 0.717) is 12.5 Å². The minimum atomic E-state index is 0.311. The van der Waals surface area contributed by atoms with Crippen molar-refractivity contribution in [2.24, 2.45) is 0 Å². The first kappa shape index (κ1) is 11.5. The Labute approximate surface area is 97.9 Å². The summed E-state index contributed by atoms with van der Waals surface area (Å²) in [5.41, 5.74) is 2.89. The van der Waals surface area contributed by atoms with Crippen molar-refractivity contribution in [2.45, 2.75) is 32.1 Å². The monoisotopic (exact) mass is 219 g/mol. The summed E-state index contributed by atoms with van der Waals surface area (Å²) < 4.78 is 0. The van der Waals surface area contributed by atoms with Crippen LogP contribution in [-0.4, -0.2) is 24.8 Å². The molecule has 0 aromatic heterocycles. The summed E-state index contributed by atoms with van der Waals surface area (Å²) in [5, 5.41) is 8.81. The molecule has 1 heterocycles. The van der Waals surface area contributed by atoms with Gasteiger partial charge in [-0.15, -0.1) is 0 Å². The molecule has 0 amide bonds. The molecular formula is C14H21NO. The highest BCUT2D eigenvalue weighted by molar-refractivity contribution is 5.56. The SMILES string of the molecule is CC1CCN(CCCCO)c2ccccc21. The van der Waals surface area contributed by atoms with Crippen LogP contribution in [0, 0.1) is 0 Å². The van der Waals surface area contributed by atoms with Gasteiger partial charge in [0.25, 0.3) is 0 Å². The van der Waals surface area contributed by atoms with Crippen LogP contribution in [0.4, 0.5) is 5.69 Å². The number of hydrogen-bond acceptors (Lipinski definition) is 2. The Bertz CT molecular complexity index is 337. The van der Waals surface area contributed by atoms with E-state index in [4.69, 9.17) is 5.11 Å². The summed E-state index contributed by atoms with van der Waals surface area (Å²) >= 11 is 0. The molecule has 0 bridgehead atoms.